The first-order valence-corrected chi connectivity index (χ1v) is 5.47. The molecule has 0 spiro atoms. The number of carbonyl (C=O) groups is 1. The van der Waals surface area contributed by atoms with E-state index in [4.69, 9.17) is 5.84 Å². The highest BCUT2D eigenvalue weighted by atomic mass is 32.2. The van der Waals surface area contributed by atoms with Gasteiger partial charge >= 0.3 is 0 Å². The molecule has 0 aliphatic carbocycles. The van der Waals surface area contributed by atoms with Crippen LogP contribution in [0.15, 0.2) is 18.3 Å². The first-order valence-electron chi connectivity index (χ1n) is 4.31. The highest BCUT2D eigenvalue weighted by Gasteiger charge is 2.03. The van der Waals surface area contributed by atoms with Crippen molar-refractivity contribution in [2.24, 2.45) is 5.84 Å². The standard InChI is InChI=1S/C9H13N3OS/c1-2-14-6-8-4-3-7(5-11-8)9(13)12-10/h3-5H,2,6,10H2,1H3,(H,12,13). The van der Waals surface area contributed by atoms with Crippen molar-refractivity contribution in [3.8, 4) is 0 Å². The average Bonchev–Trinajstić information content (AvgIpc) is 2.26. The minimum Gasteiger partial charge on any atom is -0.290 e. The third kappa shape index (κ3) is 3.01. The monoisotopic (exact) mass is 211 g/mol. The third-order valence-corrected chi connectivity index (χ3v) is 2.58. The van der Waals surface area contributed by atoms with Crippen molar-refractivity contribution in [3.63, 3.8) is 0 Å². The van der Waals surface area contributed by atoms with Gasteiger partial charge in [0.15, 0.2) is 0 Å². The lowest BCUT2D eigenvalue weighted by molar-refractivity contribution is 0.0953. The fourth-order valence-electron chi connectivity index (χ4n) is 0.934. The first-order chi connectivity index (χ1) is 6.77. The maximum Gasteiger partial charge on any atom is 0.266 e. The highest BCUT2D eigenvalue weighted by Crippen LogP contribution is 2.09. The van der Waals surface area contributed by atoms with Crippen LogP contribution >= 0.6 is 11.8 Å². The second kappa shape index (κ2) is 5.62. The Labute approximate surface area is 87.3 Å². The zero-order valence-corrected chi connectivity index (χ0v) is 8.80. The molecule has 0 saturated heterocycles. The van der Waals surface area contributed by atoms with Gasteiger partial charge in [0.2, 0.25) is 0 Å². The summed E-state index contributed by atoms with van der Waals surface area (Å²) in [6, 6.07) is 3.56. The number of carbonyl (C=O) groups excluding carboxylic acids is 1. The summed E-state index contributed by atoms with van der Waals surface area (Å²) in [7, 11) is 0. The Balaban J connectivity index is 2.63. The lowest BCUT2D eigenvalue weighted by Gasteiger charge is -2.01. The summed E-state index contributed by atoms with van der Waals surface area (Å²) < 4.78 is 0. The Hall–Kier alpha value is -1.07. The third-order valence-electron chi connectivity index (χ3n) is 1.67. The fraction of sp³-hybridized carbons (Fsp3) is 0.333. The number of nitrogens with zero attached hydrogens (tertiary/aromatic N) is 1. The summed E-state index contributed by atoms with van der Waals surface area (Å²) in [4.78, 5) is 15.2. The summed E-state index contributed by atoms with van der Waals surface area (Å²) in [5.74, 6) is 6.62. The predicted octanol–water partition coefficient (Wildman–Crippen LogP) is 0.938. The lowest BCUT2D eigenvalue weighted by atomic mass is 10.2. The van der Waals surface area contributed by atoms with Gasteiger partial charge in [0.05, 0.1) is 11.3 Å². The largest absolute Gasteiger partial charge is 0.290 e. The molecule has 0 aromatic carbocycles. The van der Waals surface area contributed by atoms with Crippen molar-refractivity contribution in [3.05, 3.63) is 29.6 Å². The average molecular weight is 211 g/mol. The van der Waals surface area contributed by atoms with E-state index in [1.54, 1.807) is 17.8 Å². The van der Waals surface area contributed by atoms with Crippen LogP contribution in [-0.2, 0) is 5.75 Å². The zero-order valence-electron chi connectivity index (χ0n) is 7.99. The summed E-state index contributed by atoms with van der Waals surface area (Å²) in [5.41, 5.74) is 3.52. The number of aromatic nitrogens is 1. The number of amides is 1. The van der Waals surface area contributed by atoms with Crippen molar-refractivity contribution in [2.45, 2.75) is 12.7 Å². The summed E-state index contributed by atoms with van der Waals surface area (Å²) in [5, 5.41) is 0. The van der Waals surface area contributed by atoms with E-state index in [0.717, 1.165) is 17.2 Å². The van der Waals surface area contributed by atoms with Crippen LogP contribution in [0.1, 0.15) is 23.0 Å². The quantitative estimate of drug-likeness (QED) is 0.442. The minimum atomic E-state index is -0.313. The maximum absolute atomic E-state index is 11.1. The van der Waals surface area contributed by atoms with Gasteiger partial charge in [0.25, 0.3) is 5.91 Å². The summed E-state index contributed by atoms with van der Waals surface area (Å²) in [6.07, 6.45) is 1.54. The molecular weight excluding hydrogens is 198 g/mol. The minimum absolute atomic E-state index is 0.313. The normalized spacial score (nSPS) is 9.86. The Bertz CT molecular complexity index is 299. The van der Waals surface area contributed by atoms with Crippen LogP contribution in [0.2, 0.25) is 0 Å². The SMILES string of the molecule is CCSCc1ccc(C(=O)NN)cn1. The Kier molecular flexibility index (Phi) is 4.42. The number of pyridine rings is 1. The molecule has 0 fully saturated rings. The number of nitrogen functional groups attached to an aromatic ring is 1. The molecule has 1 aromatic heterocycles. The second-order valence-corrected chi connectivity index (χ2v) is 3.92. The summed E-state index contributed by atoms with van der Waals surface area (Å²) in [6.45, 7) is 2.10. The Morgan fingerprint density at radius 1 is 1.64 bits per heavy atom. The van der Waals surface area contributed by atoms with Crippen LogP contribution in [0.5, 0.6) is 0 Å². The van der Waals surface area contributed by atoms with Crippen molar-refractivity contribution >= 4 is 17.7 Å². The number of hydrogen-bond acceptors (Lipinski definition) is 4. The number of rotatable bonds is 4. The van der Waals surface area contributed by atoms with Gasteiger partial charge in [0.1, 0.15) is 0 Å². The van der Waals surface area contributed by atoms with E-state index >= 15 is 0 Å². The van der Waals surface area contributed by atoms with Crippen molar-refractivity contribution in [1.82, 2.24) is 10.4 Å². The molecule has 76 valence electrons. The number of hydrogen-bond donors (Lipinski definition) is 2. The lowest BCUT2D eigenvalue weighted by Crippen LogP contribution is -2.30. The van der Waals surface area contributed by atoms with Gasteiger partial charge in [-0.15, -0.1) is 0 Å². The molecule has 1 rings (SSSR count). The van der Waals surface area contributed by atoms with Gasteiger partial charge in [-0.1, -0.05) is 6.92 Å². The molecule has 5 heteroatoms. The fourth-order valence-corrected chi connectivity index (χ4v) is 1.52. The smallest absolute Gasteiger partial charge is 0.266 e. The van der Waals surface area contributed by atoms with Gasteiger partial charge in [-0.05, 0) is 17.9 Å². The summed E-state index contributed by atoms with van der Waals surface area (Å²) >= 11 is 1.79. The predicted molar refractivity (Wildman–Crippen MR) is 57.7 cm³/mol. The van der Waals surface area contributed by atoms with Crippen molar-refractivity contribution < 1.29 is 4.79 Å². The van der Waals surface area contributed by atoms with E-state index in [2.05, 4.69) is 17.3 Å². The molecule has 0 atom stereocenters. The number of thioether (sulfide) groups is 1. The van der Waals surface area contributed by atoms with Crippen LogP contribution in [0.3, 0.4) is 0 Å². The van der Waals surface area contributed by atoms with E-state index in [9.17, 15) is 4.79 Å². The number of nitrogens with two attached hydrogens (primary N) is 1. The van der Waals surface area contributed by atoms with Crippen LogP contribution in [0.4, 0.5) is 0 Å². The second-order valence-electron chi connectivity index (χ2n) is 2.65. The Morgan fingerprint density at radius 3 is 2.93 bits per heavy atom. The zero-order chi connectivity index (χ0) is 10.4. The first kappa shape index (κ1) is 11.0. The molecule has 1 aromatic rings. The van der Waals surface area contributed by atoms with Crippen LogP contribution < -0.4 is 11.3 Å². The van der Waals surface area contributed by atoms with Crippen LogP contribution in [-0.4, -0.2) is 16.6 Å². The van der Waals surface area contributed by atoms with E-state index in [-0.39, 0.29) is 5.91 Å². The van der Waals surface area contributed by atoms with E-state index in [1.165, 1.54) is 6.20 Å². The maximum atomic E-state index is 11.1. The molecule has 0 saturated carbocycles. The van der Waals surface area contributed by atoms with Gasteiger partial charge in [-0.25, -0.2) is 5.84 Å². The topological polar surface area (TPSA) is 68.0 Å². The molecule has 0 aliphatic rings. The van der Waals surface area contributed by atoms with Gasteiger partial charge < -0.3 is 0 Å². The molecule has 14 heavy (non-hydrogen) atoms. The van der Waals surface area contributed by atoms with Gasteiger partial charge in [0, 0.05) is 11.9 Å². The van der Waals surface area contributed by atoms with Crippen LogP contribution in [0.25, 0.3) is 0 Å². The Morgan fingerprint density at radius 2 is 2.43 bits per heavy atom. The number of hydrazine groups is 1. The molecule has 0 aliphatic heterocycles. The molecule has 4 nitrogen and oxygen atoms in total. The van der Waals surface area contributed by atoms with E-state index in [1.807, 2.05) is 6.07 Å². The molecule has 0 unspecified atom stereocenters. The molecule has 3 N–H and O–H groups in total. The molecule has 1 heterocycles. The van der Waals surface area contributed by atoms with Gasteiger partial charge in [-0.3, -0.25) is 15.2 Å². The molecule has 1 amide bonds. The molecular formula is C9H13N3OS. The van der Waals surface area contributed by atoms with E-state index in [0.29, 0.717) is 5.56 Å². The number of nitrogens with one attached hydrogen (secondary N) is 1. The van der Waals surface area contributed by atoms with Crippen molar-refractivity contribution in [1.29, 1.82) is 0 Å². The molecule has 0 radical (unpaired) electrons. The van der Waals surface area contributed by atoms with E-state index < -0.39 is 0 Å². The van der Waals surface area contributed by atoms with Crippen molar-refractivity contribution in [2.75, 3.05) is 5.75 Å². The van der Waals surface area contributed by atoms with Gasteiger partial charge in [-0.2, -0.15) is 11.8 Å². The van der Waals surface area contributed by atoms with Crippen LogP contribution in [0, 0.1) is 0 Å². The highest BCUT2D eigenvalue weighted by molar-refractivity contribution is 7.98. The molecule has 0 bridgehead atoms.